The van der Waals surface area contributed by atoms with Crippen LogP contribution in [0.4, 0.5) is 0 Å². The fourth-order valence-corrected chi connectivity index (χ4v) is 5.12. The van der Waals surface area contributed by atoms with Crippen molar-refractivity contribution in [2.45, 2.75) is 43.3 Å². The number of halogens is 1. The molecule has 9 heteroatoms. The zero-order chi connectivity index (χ0) is 19.6. The lowest BCUT2D eigenvalue weighted by atomic mass is 10.0. The van der Waals surface area contributed by atoms with Gasteiger partial charge in [0.2, 0.25) is 10.0 Å². The number of aliphatic hydroxyl groups excluding tert-OH is 1. The average Bonchev–Trinajstić information content (AvgIpc) is 3.29. The molecule has 2 heterocycles. The molecule has 2 saturated heterocycles. The molecule has 0 saturated carbocycles. The molecule has 1 aromatic rings. The van der Waals surface area contributed by atoms with Crippen LogP contribution in [0.15, 0.2) is 23.1 Å². The Bertz CT molecular complexity index is 795. The molecule has 1 amide bonds. The van der Waals surface area contributed by atoms with E-state index in [1.165, 1.54) is 18.2 Å². The SMILES string of the molecule is CC[C@@H]1CN(C(=O)c2ccc(Cl)c(S(=O)(=O)NC[C@H]3CCCO3)c2)C[C@@H]1O. The molecule has 27 heavy (non-hydrogen) atoms. The van der Waals surface area contributed by atoms with Crippen molar-refractivity contribution in [3.8, 4) is 0 Å². The van der Waals surface area contributed by atoms with E-state index in [2.05, 4.69) is 4.72 Å². The van der Waals surface area contributed by atoms with Gasteiger partial charge in [0.25, 0.3) is 5.91 Å². The van der Waals surface area contributed by atoms with E-state index in [1.807, 2.05) is 6.92 Å². The first-order valence-corrected chi connectivity index (χ1v) is 11.1. The highest BCUT2D eigenvalue weighted by molar-refractivity contribution is 7.89. The van der Waals surface area contributed by atoms with E-state index >= 15 is 0 Å². The molecule has 3 rings (SSSR count). The third kappa shape index (κ3) is 4.63. The highest BCUT2D eigenvalue weighted by atomic mass is 35.5. The summed E-state index contributed by atoms with van der Waals surface area (Å²) >= 11 is 6.09. The first-order valence-electron chi connectivity index (χ1n) is 9.20. The number of hydrogen-bond acceptors (Lipinski definition) is 5. The first-order chi connectivity index (χ1) is 12.8. The Morgan fingerprint density at radius 3 is 2.81 bits per heavy atom. The first kappa shape index (κ1) is 20.5. The molecule has 0 unspecified atom stereocenters. The number of aliphatic hydroxyl groups is 1. The summed E-state index contributed by atoms with van der Waals surface area (Å²) in [5.74, 6) is -0.269. The van der Waals surface area contributed by atoms with Crippen LogP contribution in [0.2, 0.25) is 5.02 Å². The number of likely N-dealkylation sites (tertiary alicyclic amines) is 1. The van der Waals surface area contributed by atoms with Crippen LogP contribution in [0.3, 0.4) is 0 Å². The third-order valence-corrected chi connectivity index (χ3v) is 7.12. The van der Waals surface area contributed by atoms with E-state index < -0.39 is 16.1 Å². The molecule has 1 aromatic carbocycles. The number of carbonyl (C=O) groups is 1. The topological polar surface area (TPSA) is 95.9 Å². The van der Waals surface area contributed by atoms with E-state index in [4.69, 9.17) is 16.3 Å². The van der Waals surface area contributed by atoms with E-state index in [0.29, 0.717) is 13.2 Å². The molecular formula is C18H25ClN2O5S. The molecular weight excluding hydrogens is 392 g/mol. The molecule has 3 atom stereocenters. The van der Waals surface area contributed by atoms with Gasteiger partial charge in [0.15, 0.2) is 0 Å². The number of ether oxygens (including phenoxy) is 1. The van der Waals surface area contributed by atoms with Gasteiger partial charge in [0, 0.05) is 37.7 Å². The fraction of sp³-hybridized carbons (Fsp3) is 0.611. The number of nitrogens with one attached hydrogen (secondary N) is 1. The summed E-state index contributed by atoms with van der Waals surface area (Å²) < 4.78 is 33.2. The Balaban J connectivity index is 1.76. The molecule has 2 aliphatic rings. The van der Waals surface area contributed by atoms with Crippen molar-refractivity contribution in [3.63, 3.8) is 0 Å². The molecule has 2 fully saturated rings. The number of hydrogen-bond donors (Lipinski definition) is 2. The van der Waals surface area contributed by atoms with Gasteiger partial charge in [0.1, 0.15) is 4.90 Å². The van der Waals surface area contributed by atoms with Crippen LogP contribution in [-0.2, 0) is 14.8 Å². The summed E-state index contributed by atoms with van der Waals surface area (Å²) in [4.78, 5) is 14.2. The lowest BCUT2D eigenvalue weighted by molar-refractivity contribution is 0.0764. The van der Waals surface area contributed by atoms with E-state index in [0.717, 1.165) is 19.3 Å². The summed E-state index contributed by atoms with van der Waals surface area (Å²) in [5, 5.41) is 10.1. The Labute approximate surface area is 164 Å². The Kier molecular flexibility index (Phi) is 6.43. The van der Waals surface area contributed by atoms with Crippen LogP contribution in [-0.4, -0.2) is 62.8 Å². The minimum atomic E-state index is -3.87. The van der Waals surface area contributed by atoms with Gasteiger partial charge in [-0.05, 0) is 37.5 Å². The molecule has 0 aliphatic carbocycles. The zero-order valence-electron chi connectivity index (χ0n) is 15.2. The van der Waals surface area contributed by atoms with Gasteiger partial charge in [0.05, 0.1) is 17.2 Å². The third-order valence-electron chi connectivity index (χ3n) is 5.21. The minimum absolute atomic E-state index is 0.0394. The fourth-order valence-electron chi connectivity index (χ4n) is 3.53. The second-order valence-electron chi connectivity index (χ2n) is 7.08. The normalized spacial score (nSPS) is 25.9. The molecule has 0 aromatic heterocycles. The van der Waals surface area contributed by atoms with Crippen molar-refractivity contribution < 1.29 is 23.1 Å². The maximum Gasteiger partial charge on any atom is 0.253 e. The van der Waals surface area contributed by atoms with Gasteiger partial charge in [-0.25, -0.2) is 13.1 Å². The summed E-state index contributed by atoms with van der Waals surface area (Å²) in [6.45, 7) is 3.48. The molecule has 150 valence electrons. The molecule has 7 nitrogen and oxygen atoms in total. The number of amides is 1. The average molecular weight is 417 g/mol. The Morgan fingerprint density at radius 1 is 1.41 bits per heavy atom. The van der Waals surface area contributed by atoms with Gasteiger partial charge < -0.3 is 14.7 Å². The lowest BCUT2D eigenvalue weighted by Gasteiger charge is -2.17. The number of benzene rings is 1. The summed E-state index contributed by atoms with van der Waals surface area (Å²) in [5.41, 5.74) is 0.237. The van der Waals surface area contributed by atoms with E-state index in [-0.39, 0.29) is 46.5 Å². The van der Waals surface area contributed by atoms with Crippen molar-refractivity contribution >= 4 is 27.5 Å². The zero-order valence-corrected chi connectivity index (χ0v) is 16.8. The largest absolute Gasteiger partial charge is 0.391 e. The molecule has 0 spiro atoms. The smallest absolute Gasteiger partial charge is 0.253 e. The maximum atomic E-state index is 12.7. The van der Waals surface area contributed by atoms with Gasteiger partial charge in [-0.1, -0.05) is 18.5 Å². The Morgan fingerprint density at radius 2 is 2.19 bits per heavy atom. The summed E-state index contributed by atoms with van der Waals surface area (Å²) in [6, 6.07) is 4.23. The number of nitrogens with zero attached hydrogens (tertiary/aromatic N) is 1. The van der Waals surface area contributed by atoms with E-state index in [1.54, 1.807) is 4.90 Å². The second kappa shape index (κ2) is 8.45. The van der Waals surface area contributed by atoms with Crippen LogP contribution >= 0.6 is 11.6 Å². The van der Waals surface area contributed by atoms with Crippen molar-refractivity contribution in [2.75, 3.05) is 26.2 Å². The minimum Gasteiger partial charge on any atom is -0.391 e. The van der Waals surface area contributed by atoms with Crippen LogP contribution in [0, 0.1) is 5.92 Å². The van der Waals surface area contributed by atoms with Gasteiger partial charge >= 0.3 is 0 Å². The number of rotatable bonds is 6. The van der Waals surface area contributed by atoms with Crippen LogP contribution < -0.4 is 4.72 Å². The second-order valence-corrected chi connectivity index (χ2v) is 9.22. The summed E-state index contributed by atoms with van der Waals surface area (Å²) in [7, 11) is -3.87. The Hall–Kier alpha value is -1.19. The highest BCUT2D eigenvalue weighted by Crippen LogP contribution is 2.26. The van der Waals surface area contributed by atoms with E-state index in [9.17, 15) is 18.3 Å². The lowest BCUT2D eigenvalue weighted by Crippen LogP contribution is -2.32. The highest BCUT2D eigenvalue weighted by Gasteiger charge is 2.33. The van der Waals surface area contributed by atoms with Crippen molar-refractivity contribution in [1.82, 2.24) is 9.62 Å². The predicted octanol–water partition coefficient (Wildman–Crippen LogP) is 1.64. The van der Waals surface area contributed by atoms with Crippen molar-refractivity contribution in [2.24, 2.45) is 5.92 Å². The standard InChI is InChI=1S/C18H25ClN2O5S/c1-2-12-10-21(11-16(12)22)18(23)13-5-6-15(19)17(8-13)27(24,25)20-9-14-4-3-7-26-14/h5-6,8,12,14,16,20,22H,2-4,7,9-11H2,1H3/t12-,14-,16+/m1/s1. The van der Waals surface area contributed by atoms with Crippen LogP contribution in [0.5, 0.6) is 0 Å². The number of β-amino-alcohol motifs (C(OH)–C–C–N with tert-alkyl or cyclic N) is 1. The van der Waals surface area contributed by atoms with Crippen molar-refractivity contribution in [1.29, 1.82) is 0 Å². The van der Waals surface area contributed by atoms with Crippen LogP contribution in [0.1, 0.15) is 36.5 Å². The van der Waals surface area contributed by atoms with Crippen molar-refractivity contribution in [3.05, 3.63) is 28.8 Å². The molecule has 0 radical (unpaired) electrons. The predicted molar refractivity (Wildman–Crippen MR) is 101 cm³/mol. The van der Waals surface area contributed by atoms with Gasteiger partial charge in [-0.2, -0.15) is 0 Å². The number of carbonyl (C=O) groups excluding carboxylic acids is 1. The number of sulfonamides is 1. The summed E-state index contributed by atoms with van der Waals surface area (Å²) in [6.07, 6.45) is 1.81. The van der Waals surface area contributed by atoms with Crippen LogP contribution in [0.25, 0.3) is 0 Å². The molecule has 2 aliphatic heterocycles. The molecule has 2 N–H and O–H groups in total. The van der Waals surface area contributed by atoms with Gasteiger partial charge in [-0.15, -0.1) is 0 Å². The monoisotopic (exact) mass is 416 g/mol. The maximum absolute atomic E-state index is 12.7. The quantitative estimate of drug-likeness (QED) is 0.734. The molecule has 0 bridgehead atoms. The van der Waals surface area contributed by atoms with Gasteiger partial charge in [-0.3, -0.25) is 4.79 Å².